The first-order chi connectivity index (χ1) is 6.14. The molecule has 4 heteroatoms. The number of ether oxygens (including phenoxy) is 1. The number of halogens is 2. The highest BCUT2D eigenvalue weighted by atomic mass is 19.3. The Morgan fingerprint density at radius 3 is 2.62 bits per heavy atom. The summed E-state index contributed by atoms with van der Waals surface area (Å²) in [6.07, 6.45) is 3.09. The Morgan fingerprint density at radius 2 is 2.15 bits per heavy atom. The second-order valence-corrected chi connectivity index (χ2v) is 3.50. The topological polar surface area (TPSA) is 21.3 Å². The Labute approximate surface area is 77.6 Å². The van der Waals surface area contributed by atoms with Crippen LogP contribution in [0.3, 0.4) is 0 Å². The average molecular weight is 193 g/mol. The summed E-state index contributed by atoms with van der Waals surface area (Å²) in [5.74, 6) is -2.72. The third-order valence-electron chi connectivity index (χ3n) is 2.22. The van der Waals surface area contributed by atoms with Gasteiger partial charge < -0.3 is 10.1 Å². The molecule has 1 aliphatic rings. The van der Waals surface area contributed by atoms with Crippen molar-refractivity contribution in [2.24, 2.45) is 0 Å². The summed E-state index contributed by atoms with van der Waals surface area (Å²) in [4.78, 5) is 0. The van der Waals surface area contributed by atoms with Crippen molar-refractivity contribution in [1.82, 2.24) is 5.32 Å². The third kappa shape index (κ3) is 4.00. The molecule has 0 spiro atoms. The Morgan fingerprint density at radius 1 is 1.46 bits per heavy atom. The fraction of sp³-hybridized carbons (Fsp3) is 1.00. The van der Waals surface area contributed by atoms with E-state index in [2.05, 4.69) is 5.32 Å². The molecule has 0 atom stereocenters. The van der Waals surface area contributed by atoms with Crippen molar-refractivity contribution >= 4 is 0 Å². The van der Waals surface area contributed by atoms with E-state index >= 15 is 0 Å². The van der Waals surface area contributed by atoms with Crippen molar-refractivity contribution in [2.45, 2.75) is 38.2 Å². The maximum absolute atomic E-state index is 12.9. The van der Waals surface area contributed by atoms with Gasteiger partial charge in [-0.3, -0.25) is 0 Å². The van der Waals surface area contributed by atoms with E-state index in [1.165, 1.54) is 0 Å². The van der Waals surface area contributed by atoms with Gasteiger partial charge in [-0.15, -0.1) is 0 Å². The molecule has 0 aromatic carbocycles. The van der Waals surface area contributed by atoms with E-state index in [1.54, 1.807) is 0 Å². The zero-order chi connectivity index (χ0) is 9.73. The molecule has 0 aromatic heterocycles. The second kappa shape index (κ2) is 4.86. The SMILES string of the molecule is CCNCC(F)(F)COC1CCC1. The van der Waals surface area contributed by atoms with Crippen LogP contribution >= 0.6 is 0 Å². The van der Waals surface area contributed by atoms with Crippen LogP contribution in [0.2, 0.25) is 0 Å². The molecule has 0 bridgehead atoms. The highest BCUT2D eigenvalue weighted by Gasteiger charge is 2.31. The molecular formula is C9H17F2NO. The van der Waals surface area contributed by atoms with Crippen LogP contribution in [0.4, 0.5) is 8.78 Å². The van der Waals surface area contributed by atoms with Crippen LogP contribution in [0.5, 0.6) is 0 Å². The molecule has 78 valence electrons. The van der Waals surface area contributed by atoms with E-state index in [0.717, 1.165) is 19.3 Å². The van der Waals surface area contributed by atoms with Crippen molar-refractivity contribution in [3.8, 4) is 0 Å². The monoisotopic (exact) mass is 193 g/mol. The second-order valence-electron chi connectivity index (χ2n) is 3.50. The lowest BCUT2D eigenvalue weighted by atomic mass is 9.96. The number of hydrogen-bond acceptors (Lipinski definition) is 2. The minimum absolute atomic E-state index is 0.0903. The number of rotatable bonds is 6. The molecule has 13 heavy (non-hydrogen) atoms. The standard InChI is InChI=1S/C9H17F2NO/c1-2-12-6-9(10,11)7-13-8-4-3-5-8/h8,12H,2-7H2,1H3. The van der Waals surface area contributed by atoms with Gasteiger partial charge in [0, 0.05) is 0 Å². The fourth-order valence-corrected chi connectivity index (χ4v) is 1.14. The van der Waals surface area contributed by atoms with Gasteiger partial charge in [0.25, 0.3) is 5.92 Å². The highest BCUT2D eigenvalue weighted by Crippen LogP contribution is 2.24. The summed E-state index contributed by atoms with van der Waals surface area (Å²) in [5, 5.41) is 2.62. The molecule has 0 saturated heterocycles. The highest BCUT2D eigenvalue weighted by molar-refractivity contribution is 4.73. The number of nitrogens with one attached hydrogen (secondary N) is 1. The summed E-state index contributed by atoms with van der Waals surface area (Å²) in [6, 6.07) is 0. The predicted molar refractivity (Wildman–Crippen MR) is 47.1 cm³/mol. The molecule has 1 saturated carbocycles. The van der Waals surface area contributed by atoms with Crippen LogP contribution in [-0.4, -0.2) is 31.7 Å². The summed E-state index contributed by atoms with van der Waals surface area (Å²) >= 11 is 0. The van der Waals surface area contributed by atoms with Gasteiger partial charge in [-0.25, -0.2) is 8.78 Å². The Kier molecular flexibility index (Phi) is 4.06. The average Bonchev–Trinajstić information content (AvgIpc) is 1.98. The van der Waals surface area contributed by atoms with E-state index < -0.39 is 12.5 Å². The van der Waals surface area contributed by atoms with Crippen LogP contribution in [0, 0.1) is 0 Å². The summed E-state index contributed by atoms with van der Waals surface area (Å²) in [7, 11) is 0. The lowest BCUT2D eigenvalue weighted by molar-refractivity contribution is -0.112. The number of hydrogen-bond donors (Lipinski definition) is 1. The van der Waals surface area contributed by atoms with E-state index in [-0.39, 0.29) is 12.6 Å². The van der Waals surface area contributed by atoms with Crippen LogP contribution in [0.25, 0.3) is 0 Å². The van der Waals surface area contributed by atoms with Gasteiger partial charge in [-0.05, 0) is 25.8 Å². The van der Waals surface area contributed by atoms with Gasteiger partial charge in [0.2, 0.25) is 0 Å². The smallest absolute Gasteiger partial charge is 0.283 e. The molecule has 0 radical (unpaired) electrons. The first-order valence-corrected chi connectivity index (χ1v) is 4.84. The third-order valence-corrected chi connectivity index (χ3v) is 2.22. The van der Waals surface area contributed by atoms with E-state index in [1.807, 2.05) is 6.92 Å². The molecule has 0 heterocycles. The van der Waals surface area contributed by atoms with Crippen LogP contribution in [0.1, 0.15) is 26.2 Å². The molecule has 0 unspecified atom stereocenters. The van der Waals surface area contributed by atoms with Gasteiger partial charge in [-0.1, -0.05) is 6.92 Å². The Bertz CT molecular complexity index is 149. The normalized spacial score (nSPS) is 18.7. The lowest BCUT2D eigenvalue weighted by Gasteiger charge is -2.27. The minimum Gasteiger partial charge on any atom is -0.372 e. The van der Waals surface area contributed by atoms with Crippen molar-refractivity contribution in [3.63, 3.8) is 0 Å². The number of alkyl halides is 2. The van der Waals surface area contributed by atoms with E-state index in [0.29, 0.717) is 6.54 Å². The van der Waals surface area contributed by atoms with Gasteiger partial charge >= 0.3 is 0 Å². The van der Waals surface area contributed by atoms with E-state index in [9.17, 15) is 8.78 Å². The Hall–Kier alpha value is -0.220. The maximum atomic E-state index is 12.9. The molecule has 1 rings (SSSR count). The Balaban J connectivity index is 2.08. The van der Waals surface area contributed by atoms with Gasteiger partial charge in [0.15, 0.2) is 0 Å². The molecular weight excluding hydrogens is 176 g/mol. The van der Waals surface area contributed by atoms with Crippen molar-refractivity contribution < 1.29 is 13.5 Å². The van der Waals surface area contributed by atoms with Crippen molar-refractivity contribution in [1.29, 1.82) is 0 Å². The molecule has 2 nitrogen and oxygen atoms in total. The van der Waals surface area contributed by atoms with Crippen LogP contribution in [0.15, 0.2) is 0 Å². The molecule has 1 fully saturated rings. The molecule has 1 N–H and O–H groups in total. The molecule has 0 aliphatic heterocycles. The van der Waals surface area contributed by atoms with Crippen LogP contribution in [-0.2, 0) is 4.74 Å². The van der Waals surface area contributed by atoms with E-state index in [4.69, 9.17) is 4.74 Å². The van der Waals surface area contributed by atoms with Crippen LogP contribution < -0.4 is 5.32 Å². The zero-order valence-electron chi connectivity index (χ0n) is 7.98. The molecule has 0 aromatic rings. The largest absolute Gasteiger partial charge is 0.372 e. The van der Waals surface area contributed by atoms with Gasteiger partial charge in [0.1, 0.15) is 6.61 Å². The van der Waals surface area contributed by atoms with Crippen molar-refractivity contribution in [3.05, 3.63) is 0 Å². The predicted octanol–water partition coefficient (Wildman–Crippen LogP) is 1.80. The maximum Gasteiger partial charge on any atom is 0.283 e. The quantitative estimate of drug-likeness (QED) is 0.694. The van der Waals surface area contributed by atoms with Gasteiger partial charge in [-0.2, -0.15) is 0 Å². The first-order valence-electron chi connectivity index (χ1n) is 4.84. The first kappa shape index (κ1) is 10.9. The zero-order valence-corrected chi connectivity index (χ0v) is 7.98. The summed E-state index contributed by atoms with van der Waals surface area (Å²) in [5.41, 5.74) is 0. The van der Waals surface area contributed by atoms with Gasteiger partial charge in [0.05, 0.1) is 12.6 Å². The summed E-state index contributed by atoms with van der Waals surface area (Å²) < 4.78 is 30.9. The van der Waals surface area contributed by atoms with Crippen molar-refractivity contribution in [2.75, 3.05) is 19.7 Å². The lowest BCUT2D eigenvalue weighted by Crippen LogP contribution is -2.39. The summed E-state index contributed by atoms with van der Waals surface area (Å²) in [6.45, 7) is 1.66. The molecule has 1 aliphatic carbocycles. The minimum atomic E-state index is -2.72. The molecule has 0 amide bonds. The fourth-order valence-electron chi connectivity index (χ4n) is 1.14.